The molecule has 0 aromatic carbocycles. The fraction of sp³-hybridized carbons (Fsp3) is 0.478. The van der Waals surface area contributed by atoms with E-state index < -0.39 is 0 Å². The van der Waals surface area contributed by atoms with E-state index in [1.165, 1.54) is 23.8 Å². The molecule has 0 spiro atoms. The molecule has 144 valence electrons. The van der Waals surface area contributed by atoms with Gasteiger partial charge in [0.15, 0.2) is 0 Å². The third-order valence-electron chi connectivity index (χ3n) is 5.35. The number of nitrogens with zero attached hydrogens (tertiary/aromatic N) is 3. The van der Waals surface area contributed by atoms with E-state index in [0.29, 0.717) is 17.7 Å². The van der Waals surface area contributed by atoms with E-state index in [1.807, 2.05) is 0 Å². The highest BCUT2D eigenvalue weighted by atomic mass is 16.5. The fourth-order valence-electron chi connectivity index (χ4n) is 3.79. The minimum absolute atomic E-state index is 0.361. The molecule has 3 aromatic rings. The summed E-state index contributed by atoms with van der Waals surface area (Å²) < 4.78 is 7.75. The normalized spacial score (nSPS) is 12.7. The zero-order valence-corrected chi connectivity index (χ0v) is 17.6. The van der Waals surface area contributed by atoms with Gasteiger partial charge in [0, 0.05) is 24.3 Å². The quantitative estimate of drug-likeness (QED) is 0.539. The van der Waals surface area contributed by atoms with E-state index in [1.54, 1.807) is 7.11 Å². The van der Waals surface area contributed by atoms with Crippen LogP contribution in [-0.4, -0.2) is 21.6 Å². The Morgan fingerprint density at radius 1 is 1.15 bits per heavy atom. The molecule has 0 aliphatic carbocycles. The summed E-state index contributed by atoms with van der Waals surface area (Å²) in [7, 11) is 3.75. The molecule has 0 aliphatic heterocycles. The predicted molar refractivity (Wildman–Crippen MR) is 113 cm³/mol. The highest BCUT2D eigenvalue weighted by molar-refractivity contribution is 5.86. The maximum absolute atomic E-state index is 5.61. The molecule has 0 bridgehead atoms. The number of ether oxygens (including phenoxy) is 1. The molecule has 1 unspecified atom stereocenters. The van der Waals surface area contributed by atoms with Crippen LogP contribution in [0.1, 0.15) is 69.2 Å². The van der Waals surface area contributed by atoms with Gasteiger partial charge in [-0.15, -0.1) is 0 Å². The molecule has 0 saturated heterocycles. The van der Waals surface area contributed by atoms with Gasteiger partial charge in [-0.25, -0.2) is 9.97 Å². The van der Waals surface area contributed by atoms with E-state index in [-0.39, 0.29) is 0 Å². The first-order valence-electron chi connectivity index (χ1n) is 9.89. The van der Waals surface area contributed by atoms with Gasteiger partial charge < -0.3 is 9.30 Å². The Kier molecular flexibility index (Phi) is 5.54. The van der Waals surface area contributed by atoms with Crippen LogP contribution in [0.3, 0.4) is 0 Å². The molecule has 0 fully saturated rings. The fourth-order valence-corrected chi connectivity index (χ4v) is 3.79. The number of fused-ring (bicyclic) bond motifs is 1. The number of pyridine rings is 2. The van der Waals surface area contributed by atoms with Gasteiger partial charge in [0.25, 0.3) is 0 Å². The van der Waals surface area contributed by atoms with E-state index in [0.717, 1.165) is 28.2 Å². The van der Waals surface area contributed by atoms with Gasteiger partial charge in [0.2, 0.25) is 5.88 Å². The first kappa shape index (κ1) is 19.4. The molecule has 1 atom stereocenters. The highest BCUT2D eigenvalue weighted by Crippen LogP contribution is 2.35. The lowest BCUT2D eigenvalue weighted by atomic mass is 9.95. The molecule has 4 heteroatoms. The van der Waals surface area contributed by atoms with Crippen LogP contribution in [-0.2, 0) is 7.05 Å². The third-order valence-corrected chi connectivity index (χ3v) is 5.35. The van der Waals surface area contributed by atoms with Crippen molar-refractivity contribution in [2.45, 2.75) is 59.3 Å². The summed E-state index contributed by atoms with van der Waals surface area (Å²) in [6.45, 7) is 10.9. The Morgan fingerprint density at radius 2 is 1.89 bits per heavy atom. The van der Waals surface area contributed by atoms with E-state index in [2.05, 4.69) is 70.6 Å². The van der Waals surface area contributed by atoms with Crippen molar-refractivity contribution < 1.29 is 4.74 Å². The molecule has 27 heavy (non-hydrogen) atoms. The molecule has 0 amide bonds. The summed E-state index contributed by atoms with van der Waals surface area (Å²) in [6.07, 6.45) is 4.61. The number of hydrogen-bond donors (Lipinski definition) is 0. The van der Waals surface area contributed by atoms with Gasteiger partial charge in [0.1, 0.15) is 5.65 Å². The molecule has 3 aromatic heterocycles. The zero-order valence-electron chi connectivity index (χ0n) is 17.6. The van der Waals surface area contributed by atoms with E-state index in [9.17, 15) is 0 Å². The van der Waals surface area contributed by atoms with Crippen molar-refractivity contribution in [2.75, 3.05) is 7.11 Å². The van der Waals surface area contributed by atoms with Crippen molar-refractivity contribution in [3.63, 3.8) is 0 Å². The summed E-state index contributed by atoms with van der Waals surface area (Å²) in [5, 5.41) is 1.26. The van der Waals surface area contributed by atoms with Crippen molar-refractivity contribution in [3.05, 3.63) is 41.2 Å². The van der Waals surface area contributed by atoms with Gasteiger partial charge in [-0.1, -0.05) is 34.1 Å². The number of hydrogen-bond acceptors (Lipinski definition) is 3. The van der Waals surface area contributed by atoms with Crippen molar-refractivity contribution in [2.24, 2.45) is 7.05 Å². The lowest BCUT2D eigenvalue weighted by molar-refractivity contribution is 0.397. The zero-order chi connectivity index (χ0) is 19.7. The molecule has 0 N–H and O–H groups in total. The highest BCUT2D eigenvalue weighted by Gasteiger charge is 2.19. The Labute approximate surface area is 162 Å². The molecule has 3 heterocycles. The third kappa shape index (κ3) is 3.58. The van der Waals surface area contributed by atoms with Crippen LogP contribution in [0.4, 0.5) is 0 Å². The predicted octanol–water partition coefficient (Wildman–Crippen LogP) is 5.98. The lowest BCUT2D eigenvalue weighted by Crippen LogP contribution is -2.00. The largest absolute Gasteiger partial charge is 0.480 e. The standard InChI is InChI=1S/C23H31N3O/c1-8-9-15(4)19-13-26(6)22-18(19)12-16(5)21(25-22)17-10-11-20(14(2)3)24-23(17)27-7/h10-15H,8-9H2,1-7H3. The Bertz CT molecular complexity index is 956. The molecular formula is C23H31N3O. The van der Waals surface area contributed by atoms with Gasteiger partial charge in [-0.3, -0.25) is 0 Å². The number of rotatable bonds is 6. The van der Waals surface area contributed by atoms with Gasteiger partial charge in [-0.2, -0.15) is 0 Å². The summed E-state index contributed by atoms with van der Waals surface area (Å²) in [5.74, 6) is 1.54. The van der Waals surface area contributed by atoms with Gasteiger partial charge >= 0.3 is 0 Å². The molecular weight excluding hydrogens is 334 g/mol. The second-order valence-corrected chi connectivity index (χ2v) is 7.86. The van der Waals surface area contributed by atoms with Crippen LogP contribution < -0.4 is 4.74 Å². The van der Waals surface area contributed by atoms with Crippen LogP contribution in [0, 0.1) is 6.92 Å². The van der Waals surface area contributed by atoms with Gasteiger partial charge in [0.05, 0.1) is 18.4 Å². The molecule has 3 rings (SSSR count). The number of aromatic nitrogens is 3. The summed E-state index contributed by atoms with van der Waals surface area (Å²) in [4.78, 5) is 9.73. The SMILES string of the molecule is CCCC(C)c1cn(C)c2nc(-c3ccc(C(C)C)nc3OC)c(C)cc12. The maximum atomic E-state index is 5.61. The van der Waals surface area contributed by atoms with Crippen molar-refractivity contribution in [1.29, 1.82) is 0 Å². The molecule has 4 nitrogen and oxygen atoms in total. The van der Waals surface area contributed by atoms with Crippen LogP contribution in [0.5, 0.6) is 5.88 Å². The average Bonchev–Trinajstić information content (AvgIpc) is 2.96. The smallest absolute Gasteiger partial charge is 0.222 e. The summed E-state index contributed by atoms with van der Waals surface area (Å²) in [6, 6.07) is 6.44. The first-order chi connectivity index (χ1) is 12.9. The molecule has 0 aliphatic rings. The number of aryl methyl sites for hydroxylation is 2. The topological polar surface area (TPSA) is 39.9 Å². The number of methoxy groups -OCH3 is 1. The Morgan fingerprint density at radius 3 is 2.52 bits per heavy atom. The minimum Gasteiger partial charge on any atom is -0.480 e. The monoisotopic (exact) mass is 365 g/mol. The van der Waals surface area contributed by atoms with Crippen LogP contribution in [0.25, 0.3) is 22.3 Å². The molecule has 0 saturated carbocycles. The Hall–Kier alpha value is -2.36. The van der Waals surface area contributed by atoms with E-state index in [4.69, 9.17) is 14.7 Å². The van der Waals surface area contributed by atoms with Crippen molar-refractivity contribution in [3.8, 4) is 17.1 Å². The van der Waals surface area contributed by atoms with Crippen LogP contribution in [0.2, 0.25) is 0 Å². The van der Waals surface area contributed by atoms with Crippen molar-refractivity contribution in [1.82, 2.24) is 14.5 Å². The van der Waals surface area contributed by atoms with Crippen LogP contribution >= 0.6 is 0 Å². The average molecular weight is 366 g/mol. The van der Waals surface area contributed by atoms with Crippen molar-refractivity contribution >= 4 is 11.0 Å². The van der Waals surface area contributed by atoms with Gasteiger partial charge in [-0.05, 0) is 54.5 Å². The molecule has 0 radical (unpaired) electrons. The first-order valence-corrected chi connectivity index (χ1v) is 9.89. The Balaban J connectivity index is 2.17. The minimum atomic E-state index is 0.361. The second kappa shape index (κ2) is 7.71. The maximum Gasteiger partial charge on any atom is 0.222 e. The summed E-state index contributed by atoms with van der Waals surface area (Å²) in [5.41, 5.74) is 6.48. The van der Waals surface area contributed by atoms with E-state index >= 15 is 0 Å². The summed E-state index contributed by atoms with van der Waals surface area (Å²) >= 11 is 0. The second-order valence-electron chi connectivity index (χ2n) is 7.86. The lowest BCUT2D eigenvalue weighted by Gasteiger charge is -2.14. The van der Waals surface area contributed by atoms with Crippen LogP contribution in [0.15, 0.2) is 24.4 Å².